The summed E-state index contributed by atoms with van der Waals surface area (Å²) in [5.41, 5.74) is -0.828. The van der Waals surface area contributed by atoms with Crippen LogP contribution >= 0.6 is 0 Å². The van der Waals surface area contributed by atoms with E-state index < -0.39 is 17.4 Å². The lowest BCUT2D eigenvalue weighted by Crippen LogP contribution is -2.52. The van der Waals surface area contributed by atoms with Gasteiger partial charge in [-0.25, -0.2) is 0 Å². The normalized spacial score (nSPS) is 26.8. The fourth-order valence-corrected chi connectivity index (χ4v) is 1.89. The first-order valence-electron chi connectivity index (χ1n) is 5.89. The Morgan fingerprint density at radius 1 is 1.41 bits per heavy atom. The molecule has 2 atom stereocenters. The van der Waals surface area contributed by atoms with Gasteiger partial charge in [0.05, 0.1) is 5.54 Å². The summed E-state index contributed by atoms with van der Waals surface area (Å²) >= 11 is 0. The van der Waals surface area contributed by atoms with E-state index in [0.29, 0.717) is 6.42 Å². The lowest BCUT2D eigenvalue weighted by Gasteiger charge is -2.33. The third kappa shape index (κ3) is 3.44. The summed E-state index contributed by atoms with van der Waals surface area (Å²) in [6, 6.07) is 0. The van der Waals surface area contributed by atoms with Gasteiger partial charge in [0, 0.05) is 6.42 Å². The van der Waals surface area contributed by atoms with E-state index in [0.717, 1.165) is 12.8 Å². The summed E-state index contributed by atoms with van der Waals surface area (Å²) < 4.78 is 0. The highest BCUT2D eigenvalue weighted by molar-refractivity contribution is 5.81. The molecule has 0 spiro atoms. The van der Waals surface area contributed by atoms with Gasteiger partial charge in [0.1, 0.15) is 5.92 Å². The number of carbonyl (C=O) groups is 2. The van der Waals surface area contributed by atoms with E-state index in [1.165, 1.54) is 0 Å². The van der Waals surface area contributed by atoms with E-state index in [4.69, 9.17) is 5.11 Å². The van der Waals surface area contributed by atoms with Crippen molar-refractivity contribution < 1.29 is 14.7 Å². The topological polar surface area (TPSA) is 66.4 Å². The van der Waals surface area contributed by atoms with Gasteiger partial charge in [-0.05, 0) is 13.3 Å². The van der Waals surface area contributed by atoms with Crippen molar-refractivity contribution in [2.24, 2.45) is 5.92 Å². The number of unbranched alkanes of at least 4 members (excludes halogenated alkanes) is 1. The van der Waals surface area contributed by atoms with Crippen molar-refractivity contribution in [2.45, 2.75) is 38.6 Å². The summed E-state index contributed by atoms with van der Waals surface area (Å²) in [6.45, 7) is 3.74. The van der Waals surface area contributed by atoms with Crippen molar-refractivity contribution in [3.8, 4) is 0 Å². The molecule has 2 unspecified atom stereocenters. The number of nitrogens with one attached hydrogen (secondary N) is 1. The van der Waals surface area contributed by atoms with E-state index in [1.54, 1.807) is 31.2 Å². The first-order chi connectivity index (χ1) is 7.99. The van der Waals surface area contributed by atoms with Crippen LogP contribution in [0.4, 0.5) is 0 Å². The third-order valence-corrected chi connectivity index (χ3v) is 2.94. The molecule has 0 fully saturated rings. The van der Waals surface area contributed by atoms with Gasteiger partial charge in [-0.1, -0.05) is 37.6 Å². The number of allylic oxidation sites excluding steroid dienone is 2. The van der Waals surface area contributed by atoms with Crippen LogP contribution in [-0.4, -0.2) is 22.5 Å². The van der Waals surface area contributed by atoms with Gasteiger partial charge in [-0.2, -0.15) is 0 Å². The SMILES string of the molecule is CCCCC(=O)NC1(C)C=CC=CC1C(=O)O. The van der Waals surface area contributed by atoms with Crippen molar-refractivity contribution in [1.29, 1.82) is 0 Å². The average Bonchev–Trinajstić information content (AvgIpc) is 2.26. The molecule has 17 heavy (non-hydrogen) atoms. The molecule has 0 aromatic rings. The van der Waals surface area contributed by atoms with Crippen LogP contribution in [-0.2, 0) is 9.59 Å². The van der Waals surface area contributed by atoms with Crippen LogP contribution in [0.15, 0.2) is 24.3 Å². The number of rotatable bonds is 5. The Kier molecular flexibility index (Phi) is 4.49. The Morgan fingerprint density at radius 3 is 2.71 bits per heavy atom. The molecular weight excluding hydrogens is 218 g/mol. The molecule has 94 valence electrons. The van der Waals surface area contributed by atoms with Gasteiger partial charge in [0.15, 0.2) is 0 Å². The van der Waals surface area contributed by atoms with E-state index >= 15 is 0 Å². The average molecular weight is 237 g/mol. The maximum Gasteiger partial charge on any atom is 0.313 e. The van der Waals surface area contributed by atoms with Gasteiger partial charge < -0.3 is 10.4 Å². The van der Waals surface area contributed by atoms with Crippen LogP contribution < -0.4 is 5.32 Å². The standard InChI is InChI=1S/C13H19NO3/c1-3-4-8-11(15)14-13(2)9-6-5-7-10(13)12(16)17/h5-7,9-10H,3-4,8H2,1-2H3,(H,14,15)(H,16,17). The molecule has 4 heteroatoms. The van der Waals surface area contributed by atoms with E-state index in [9.17, 15) is 9.59 Å². The van der Waals surface area contributed by atoms with E-state index in [-0.39, 0.29) is 5.91 Å². The van der Waals surface area contributed by atoms with Gasteiger partial charge in [-0.15, -0.1) is 0 Å². The van der Waals surface area contributed by atoms with Crippen LogP contribution in [0.3, 0.4) is 0 Å². The minimum absolute atomic E-state index is 0.0967. The number of carboxylic acid groups (broad SMARTS) is 1. The van der Waals surface area contributed by atoms with Gasteiger partial charge >= 0.3 is 5.97 Å². The monoisotopic (exact) mass is 237 g/mol. The zero-order valence-corrected chi connectivity index (χ0v) is 10.3. The molecule has 2 N–H and O–H groups in total. The summed E-state index contributed by atoms with van der Waals surface area (Å²) in [5, 5.41) is 11.9. The molecule has 4 nitrogen and oxygen atoms in total. The minimum Gasteiger partial charge on any atom is -0.481 e. The van der Waals surface area contributed by atoms with Crippen molar-refractivity contribution in [3.63, 3.8) is 0 Å². The van der Waals surface area contributed by atoms with Crippen LogP contribution in [0, 0.1) is 5.92 Å². The molecule has 1 amide bonds. The molecule has 1 rings (SSSR count). The molecular formula is C13H19NO3. The first kappa shape index (κ1) is 13.5. The second kappa shape index (κ2) is 5.66. The minimum atomic E-state index is -0.927. The summed E-state index contributed by atoms with van der Waals surface area (Å²) in [6.07, 6.45) is 8.99. The largest absolute Gasteiger partial charge is 0.481 e. The molecule has 1 aliphatic rings. The highest BCUT2D eigenvalue weighted by atomic mass is 16.4. The number of amides is 1. The van der Waals surface area contributed by atoms with E-state index in [2.05, 4.69) is 5.32 Å². The smallest absolute Gasteiger partial charge is 0.313 e. The van der Waals surface area contributed by atoms with Crippen LogP contribution in [0.5, 0.6) is 0 Å². The Hall–Kier alpha value is -1.58. The van der Waals surface area contributed by atoms with Crippen LogP contribution in [0.2, 0.25) is 0 Å². The van der Waals surface area contributed by atoms with E-state index in [1.807, 2.05) is 6.92 Å². The number of aliphatic carboxylic acids is 1. The zero-order chi connectivity index (χ0) is 12.9. The fourth-order valence-electron chi connectivity index (χ4n) is 1.89. The number of carboxylic acids is 1. The molecule has 1 aliphatic carbocycles. The highest BCUT2D eigenvalue weighted by Gasteiger charge is 2.37. The second-order valence-corrected chi connectivity index (χ2v) is 4.49. The Morgan fingerprint density at radius 2 is 2.12 bits per heavy atom. The number of hydrogen-bond acceptors (Lipinski definition) is 2. The lowest BCUT2D eigenvalue weighted by molar-refractivity contribution is -0.142. The zero-order valence-electron chi connectivity index (χ0n) is 10.3. The van der Waals surface area contributed by atoms with Gasteiger partial charge in [0.2, 0.25) is 5.91 Å². The Bertz CT molecular complexity index is 360. The molecule has 0 heterocycles. The first-order valence-corrected chi connectivity index (χ1v) is 5.89. The van der Waals surface area contributed by atoms with Gasteiger partial charge in [0.25, 0.3) is 0 Å². The highest BCUT2D eigenvalue weighted by Crippen LogP contribution is 2.24. The Labute approximate surface area is 101 Å². The fraction of sp³-hybridized carbons (Fsp3) is 0.538. The molecule has 0 aliphatic heterocycles. The molecule has 0 bridgehead atoms. The maximum atomic E-state index is 11.7. The molecule has 0 aromatic heterocycles. The van der Waals surface area contributed by atoms with Crippen LogP contribution in [0.1, 0.15) is 33.1 Å². The summed E-state index contributed by atoms with van der Waals surface area (Å²) in [7, 11) is 0. The predicted octanol–water partition coefficient (Wildman–Crippen LogP) is 1.88. The predicted molar refractivity (Wildman–Crippen MR) is 65.5 cm³/mol. The van der Waals surface area contributed by atoms with Crippen LogP contribution in [0.25, 0.3) is 0 Å². The number of carbonyl (C=O) groups excluding carboxylic acids is 1. The molecule has 0 saturated carbocycles. The third-order valence-electron chi connectivity index (χ3n) is 2.94. The summed E-state index contributed by atoms with van der Waals surface area (Å²) in [5.74, 6) is -1.73. The van der Waals surface area contributed by atoms with Crippen molar-refractivity contribution in [3.05, 3.63) is 24.3 Å². The maximum absolute atomic E-state index is 11.7. The van der Waals surface area contributed by atoms with Crippen molar-refractivity contribution in [2.75, 3.05) is 0 Å². The second-order valence-electron chi connectivity index (χ2n) is 4.49. The summed E-state index contributed by atoms with van der Waals surface area (Å²) in [4.78, 5) is 22.8. The number of hydrogen-bond donors (Lipinski definition) is 2. The van der Waals surface area contributed by atoms with Gasteiger partial charge in [-0.3, -0.25) is 9.59 Å². The lowest BCUT2D eigenvalue weighted by atomic mass is 9.82. The molecule has 0 aromatic carbocycles. The van der Waals surface area contributed by atoms with Crippen molar-refractivity contribution in [1.82, 2.24) is 5.32 Å². The quantitative estimate of drug-likeness (QED) is 0.767. The van der Waals surface area contributed by atoms with Crippen molar-refractivity contribution >= 4 is 11.9 Å². The molecule has 0 saturated heterocycles. The Balaban J connectivity index is 2.71. The molecule has 0 radical (unpaired) electrons.